The van der Waals surface area contributed by atoms with Crippen molar-refractivity contribution in [3.63, 3.8) is 0 Å². The smallest absolute Gasteiger partial charge is 0.323 e. The largest absolute Gasteiger partial charge is 0.495 e. The minimum Gasteiger partial charge on any atom is -0.495 e. The normalized spacial score (nSPS) is 13.4. The molecule has 4 nitrogen and oxygen atoms in total. The van der Waals surface area contributed by atoms with Gasteiger partial charge in [-0.1, -0.05) is 11.6 Å². The third kappa shape index (κ3) is 3.20. The summed E-state index contributed by atoms with van der Waals surface area (Å²) in [5, 5.41) is 8.29. The van der Waals surface area contributed by atoms with E-state index in [-0.39, 0.29) is 6.03 Å². The number of hydrogen-bond acceptors (Lipinski definition) is 3. The van der Waals surface area contributed by atoms with E-state index in [0.717, 1.165) is 18.5 Å². The lowest BCUT2D eigenvalue weighted by atomic mass is 9.98. The molecular weight excluding hydrogens is 320 g/mol. The van der Waals surface area contributed by atoms with Crippen molar-refractivity contribution in [1.29, 1.82) is 0 Å². The molecule has 6 heteroatoms. The maximum absolute atomic E-state index is 12.2. The van der Waals surface area contributed by atoms with E-state index in [1.165, 1.54) is 23.3 Å². The molecule has 0 saturated carbocycles. The quantitative estimate of drug-likeness (QED) is 0.834. The highest BCUT2D eigenvalue weighted by molar-refractivity contribution is 7.10. The first-order valence-electron chi connectivity index (χ1n) is 7.18. The van der Waals surface area contributed by atoms with Crippen LogP contribution in [-0.4, -0.2) is 13.1 Å². The number of carbonyl (C=O) groups is 1. The van der Waals surface area contributed by atoms with Gasteiger partial charge in [0.15, 0.2) is 0 Å². The van der Waals surface area contributed by atoms with E-state index in [4.69, 9.17) is 16.3 Å². The number of anilines is 2. The number of amides is 2. The lowest BCUT2D eigenvalue weighted by Gasteiger charge is -2.14. The highest BCUT2D eigenvalue weighted by atomic mass is 35.5. The molecule has 1 heterocycles. The molecular formula is C16H17ClN2O2S. The summed E-state index contributed by atoms with van der Waals surface area (Å²) in [7, 11) is 1.56. The van der Waals surface area contributed by atoms with E-state index >= 15 is 0 Å². The van der Waals surface area contributed by atoms with E-state index in [9.17, 15) is 4.79 Å². The second-order valence-electron chi connectivity index (χ2n) is 5.18. The summed E-state index contributed by atoms with van der Waals surface area (Å²) < 4.78 is 5.23. The van der Waals surface area contributed by atoms with Crippen molar-refractivity contribution in [1.82, 2.24) is 0 Å². The third-order valence-electron chi connectivity index (χ3n) is 3.72. The number of fused-ring (bicyclic) bond motifs is 1. The summed E-state index contributed by atoms with van der Waals surface area (Å²) in [5.41, 5.74) is 2.75. The summed E-state index contributed by atoms with van der Waals surface area (Å²) in [4.78, 5) is 13.6. The van der Waals surface area contributed by atoms with Crippen molar-refractivity contribution >= 4 is 40.3 Å². The number of rotatable bonds is 3. The molecule has 1 aliphatic carbocycles. The zero-order chi connectivity index (χ0) is 15.5. The maximum atomic E-state index is 12.2. The third-order valence-corrected chi connectivity index (χ3v) is 5.04. The number of nitrogens with one attached hydrogen (secondary N) is 2. The Morgan fingerprint density at radius 1 is 1.23 bits per heavy atom. The van der Waals surface area contributed by atoms with Crippen molar-refractivity contribution < 1.29 is 9.53 Å². The van der Waals surface area contributed by atoms with Crippen LogP contribution in [0.1, 0.15) is 23.3 Å². The van der Waals surface area contributed by atoms with Crippen LogP contribution in [0.25, 0.3) is 0 Å². The van der Waals surface area contributed by atoms with Gasteiger partial charge < -0.3 is 15.4 Å². The van der Waals surface area contributed by atoms with Gasteiger partial charge in [-0.15, -0.1) is 11.3 Å². The summed E-state index contributed by atoms with van der Waals surface area (Å²) in [5.74, 6) is 0.576. The molecule has 1 aliphatic rings. The molecule has 1 aromatic heterocycles. The standard InChI is InChI=1S/C16H17ClN2O2S/c1-21-14-7-6-10(17)8-12(14)18-16(20)19-13-9-22-15-5-3-2-4-11(13)15/h6-9H,2-5H2,1H3,(H2,18,19,20). The minimum atomic E-state index is -0.285. The van der Waals surface area contributed by atoms with Crippen molar-refractivity contribution in [3.05, 3.63) is 39.0 Å². The van der Waals surface area contributed by atoms with Crippen LogP contribution in [0.4, 0.5) is 16.2 Å². The molecule has 0 bridgehead atoms. The first-order valence-corrected chi connectivity index (χ1v) is 8.44. The molecule has 2 aromatic rings. The van der Waals surface area contributed by atoms with Gasteiger partial charge in [0.1, 0.15) is 5.75 Å². The molecule has 0 unspecified atom stereocenters. The molecule has 0 saturated heterocycles. The number of benzene rings is 1. The zero-order valence-electron chi connectivity index (χ0n) is 12.2. The van der Waals surface area contributed by atoms with Gasteiger partial charge in [0.05, 0.1) is 18.5 Å². The highest BCUT2D eigenvalue weighted by Crippen LogP contribution is 2.34. The molecule has 3 rings (SSSR count). The first-order chi connectivity index (χ1) is 10.7. The Kier molecular flexibility index (Phi) is 4.55. The minimum absolute atomic E-state index is 0.285. The van der Waals surface area contributed by atoms with Gasteiger partial charge in [-0.25, -0.2) is 4.79 Å². The van der Waals surface area contributed by atoms with Crippen molar-refractivity contribution in [2.45, 2.75) is 25.7 Å². The number of urea groups is 1. The summed E-state index contributed by atoms with van der Waals surface area (Å²) in [6.07, 6.45) is 4.57. The summed E-state index contributed by atoms with van der Waals surface area (Å²) >= 11 is 7.69. The topological polar surface area (TPSA) is 50.4 Å². The van der Waals surface area contributed by atoms with Gasteiger partial charge in [0, 0.05) is 15.3 Å². The molecule has 2 amide bonds. The van der Waals surface area contributed by atoms with Gasteiger partial charge in [-0.3, -0.25) is 0 Å². The molecule has 0 aliphatic heterocycles. The molecule has 1 aromatic carbocycles. The highest BCUT2D eigenvalue weighted by Gasteiger charge is 2.17. The first kappa shape index (κ1) is 15.2. The van der Waals surface area contributed by atoms with Crippen LogP contribution in [0.15, 0.2) is 23.6 Å². The molecule has 2 N–H and O–H groups in total. The van der Waals surface area contributed by atoms with Gasteiger partial charge in [-0.05, 0) is 49.4 Å². The lowest BCUT2D eigenvalue weighted by Crippen LogP contribution is -2.20. The number of thiophene rings is 1. The zero-order valence-corrected chi connectivity index (χ0v) is 13.8. The van der Waals surface area contributed by atoms with Gasteiger partial charge >= 0.3 is 6.03 Å². The Morgan fingerprint density at radius 3 is 2.82 bits per heavy atom. The second kappa shape index (κ2) is 6.58. The van der Waals surface area contributed by atoms with Crippen LogP contribution in [0, 0.1) is 0 Å². The van der Waals surface area contributed by atoms with Crippen LogP contribution in [0.3, 0.4) is 0 Å². The molecule has 0 spiro atoms. The van der Waals surface area contributed by atoms with Gasteiger partial charge in [0.2, 0.25) is 0 Å². The predicted molar refractivity (Wildman–Crippen MR) is 91.6 cm³/mol. The Balaban J connectivity index is 1.73. The van der Waals surface area contributed by atoms with E-state index in [0.29, 0.717) is 16.5 Å². The average molecular weight is 337 g/mol. The van der Waals surface area contributed by atoms with Crippen molar-refractivity contribution in [2.75, 3.05) is 17.7 Å². The number of aryl methyl sites for hydroxylation is 1. The van der Waals surface area contributed by atoms with Crippen LogP contribution in [-0.2, 0) is 12.8 Å². The molecule has 116 valence electrons. The molecule has 0 fully saturated rings. The second-order valence-corrected chi connectivity index (χ2v) is 6.58. The molecule has 22 heavy (non-hydrogen) atoms. The van der Waals surface area contributed by atoms with E-state index in [1.54, 1.807) is 36.6 Å². The molecule has 0 radical (unpaired) electrons. The predicted octanol–water partition coefficient (Wildman–Crippen LogP) is 4.93. The number of halogens is 1. The SMILES string of the molecule is COc1ccc(Cl)cc1NC(=O)Nc1csc2c1CCCC2. The van der Waals surface area contributed by atoms with Crippen LogP contribution >= 0.6 is 22.9 Å². The van der Waals surface area contributed by atoms with Gasteiger partial charge in [0.25, 0.3) is 0 Å². The Labute approximate surface area is 138 Å². The van der Waals surface area contributed by atoms with E-state index in [1.807, 2.05) is 5.38 Å². The number of methoxy groups -OCH3 is 1. The lowest BCUT2D eigenvalue weighted by molar-refractivity contribution is 0.262. The number of hydrogen-bond donors (Lipinski definition) is 2. The van der Waals surface area contributed by atoms with Crippen molar-refractivity contribution in [2.24, 2.45) is 0 Å². The molecule has 0 atom stereocenters. The fourth-order valence-electron chi connectivity index (χ4n) is 2.65. The van der Waals surface area contributed by atoms with Crippen LogP contribution < -0.4 is 15.4 Å². The average Bonchev–Trinajstić information content (AvgIpc) is 2.91. The Morgan fingerprint density at radius 2 is 2.00 bits per heavy atom. The van der Waals surface area contributed by atoms with E-state index in [2.05, 4.69) is 10.6 Å². The summed E-state index contributed by atoms with van der Waals surface area (Å²) in [6.45, 7) is 0. The fraction of sp³-hybridized carbons (Fsp3) is 0.312. The van der Waals surface area contributed by atoms with E-state index < -0.39 is 0 Å². The number of carbonyl (C=O) groups excluding carboxylic acids is 1. The number of ether oxygens (including phenoxy) is 1. The maximum Gasteiger partial charge on any atom is 0.323 e. The fourth-order valence-corrected chi connectivity index (χ4v) is 3.90. The van der Waals surface area contributed by atoms with Gasteiger partial charge in [-0.2, -0.15) is 0 Å². The monoisotopic (exact) mass is 336 g/mol. The van der Waals surface area contributed by atoms with Crippen LogP contribution in [0.5, 0.6) is 5.75 Å². The Bertz CT molecular complexity index is 699. The Hall–Kier alpha value is -1.72. The van der Waals surface area contributed by atoms with Crippen LogP contribution in [0.2, 0.25) is 5.02 Å². The van der Waals surface area contributed by atoms with Crippen molar-refractivity contribution in [3.8, 4) is 5.75 Å². The summed E-state index contributed by atoms with van der Waals surface area (Å²) in [6, 6.07) is 4.83.